The highest BCUT2D eigenvalue weighted by atomic mass is 35.5. The number of aromatic nitrogens is 1. The van der Waals surface area contributed by atoms with Gasteiger partial charge >= 0.3 is 0 Å². The average molecular weight is 443 g/mol. The molecule has 0 aliphatic carbocycles. The van der Waals surface area contributed by atoms with Gasteiger partial charge in [-0.1, -0.05) is 35.3 Å². The molecule has 9 heteroatoms. The van der Waals surface area contributed by atoms with Crippen LogP contribution in [0.5, 0.6) is 0 Å². The molecule has 2 heterocycles. The quantitative estimate of drug-likeness (QED) is 0.571. The summed E-state index contributed by atoms with van der Waals surface area (Å²) in [6, 6.07) is 12.2. The van der Waals surface area contributed by atoms with Crippen molar-refractivity contribution in [3.63, 3.8) is 0 Å². The number of rotatable bonds is 3. The number of halogens is 2. The minimum absolute atomic E-state index is 0.319. The molecule has 1 aliphatic heterocycles. The van der Waals surface area contributed by atoms with E-state index in [-0.39, 0.29) is 5.91 Å². The van der Waals surface area contributed by atoms with Crippen molar-refractivity contribution in [3.05, 3.63) is 74.7 Å². The molecule has 2 amide bonds. The van der Waals surface area contributed by atoms with Crippen molar-refractivity contribution in [3.8, 4) is 0 Å². The second kappa shape index (κ2) is 7.87. The summed E-state index contributed by atoms with van der Waals surface area (Å²) in [7, 11) is 0. The van der Waals surface area contributed by atoms with Gasteiger partial charge in [-0.2, -0.15) is 4.99 Å². The molecule has 3 aromatic rings. The van der Waals surface area contributed by atoms with Crippen molar-refractivity contribution in [2.75, 3.05) is 5.32 Å². The van der Waals surface area contributed by atoms with Crippen LogP contribution in [0.2, 0.25) is 10.0 Å². The number of para-hydroxylation sites is 1. The molecule has 0 saturated carbocycles. The Kier molecular flexibility index (Phi) is 5.27. The molecule has 0 bridgehead atoms. The Labute approximate surface area is 179 Å². The number of hydrogen-bond acceptors (Lipinski definition) is 5. The first-order valence-electron chi connectivity index (χ1n) is 8.34. The van der Waals surface area contributed by atoms with Gasteiger partial charge in [0.05, 0.1) is 31.7 Å². The number of fused-ring (bicyclic) bond motifs is 1. The zero-order chi connectivity index (χ0) is 20.5. The molecule has 0 unspecified atom stereocenters. The van der Waals surface area contributed by atoms with E-state index in [9.17, 15) is 9.59 Å². The SMILES string of the molecule is NC(=O)c1cnc2ccc(/C=C3\SC(Nc4c(Cl)cccc4Cl)=NC3=O)cc2c1. The monoisotopic (exact) mass is 442 g/mol. The molecule has 2 aromatic carbocycles. The summed E-state index contributed by atoms with van der Waals surface area (Å²) in [6.45, 7) is 0. The van der Waals surface area contributed by atoms with Gasteiger partial charge in [-0.15, -0.1) is 0 Å². The summed E-state index contributed by atoms with van der Waals surface area (Å²) in [5.74, 6) is -0.920. The van der Waals surface area contributed by atoms with E-state index in [1.54, 1.807) is 36.4 Å². The van der Waals surface area contributed by atoms with Crippen LogP contribution in [0.3, 0.4) is 0 Å². The maximum atomic E-state index is 12.3. The molecular weight excluding hydrogens is 431 g/mol. The Bertz CT molecular complexity index is 1220. The summed E-state index contributed by atoms with van der Waals surface area (Å²) in [5, 5.41) is 4.98. The number of pyridine rings is 1. The third-order valence-electron chi connectivity index (χ3n) is 4.10. The number of thioether (sulfide) groups is 1. The summed E-state index contributed by atoms with van der Waals surface area (Å²) in [4.78, 5) is 32.3. The highest BCUT2D eigenvalue weighted by Crippen LogP contribution is 2.34. The number of amides is 2. The fraction of sp³-hybridized carbons (Fsp3) is 0. The number of carbonyl (C=O) groups excluding carboxylic acids is 2. The number of anilines is 1. The number of nitrogens with one attached hydrogen (secondary N) is 1. The Balaban J connectivity index is 1.59. The number of benzene rings is 2. The molecule has 0 saturated heterocycles. The fourth-order valence-corrected chi connectivity index (χ4v) is 4.02. The number of primary amides is 1. The second-order valence-electron chi connectivity index (χ2n) is 6.09. The van der Waals surface area contributed by atoms with E-state index in [0.29, 0.717) is 31.4 Å². The van der Waals surface area contributed by atoms with Gasteiger partial charge in [0.15, 0.2) is 5.17 Å². The van der Waals surface area contributed by atoms with Crippen molar-refractivity contribution < 1.29 is 9.59 Å². The molecule has 6 nitrogen and oxygen atoms in total. The largest absolute Gasteiger partial charge is 0.366 e. The number of aliphatic imine (C=N–C) groups is 1. The zero-order valence-corrected chi connectivity index (χ0v) is 17.0. The lowest BCUT2D eigenvalue weighted by molar-refractivity contribution is -0.113. The molecule has 0 atom stereocenters. The van der Waals surface area contributed by atoms with Crippen LogP contribution in [-0.2, 0) is 4.79 Å². The predicted molar refractivity (Wildman–Crippen MR) is 118 cm³/mol. The maximum absolute atomic E-state index is 12.3. The molecule has 144 valence electrons. The van der Waals surface area contributed by atoms with Gasteiger partial charge in [-0.25, -0.2) is 0 Å². The third-order valence-corrected chi connectivity index (χ3v) is 5.63. The van der Waals surface area contributed by atoms with Gasteiger partial charge in [-0.3, -0.25) is 14.6 Å². The number of carbonyl (C=O) groups is 2. The van der Waals surface area contributed by atoms with Gasteiger partial charge in [0.25, 0.3) is 5.91 Å². The van der Waals surface area contributed by atoms with Gasteiger partial charge in [0.2, 0.25) is 5.91 Å². The lowest BCUT2D eigenvalue weighted by Gasteiger charge is -2.08. The normalized spacial score (nSPS) is 15.0. The second-order valence-corrected chi connectivity index (χ2v) is 7.94. The Morgan fingerprint density at radius 1 is 1.14 bits per heavy atom. The Morgan fingerprint density at radius 3 is 2.62 bits per heavy atom. The van der Waals surface area contributed by atoms with Gasteiger partial charge in [0.1, 0.15) is 0 Å². The Morgan fingerprint density at radius 2 is 1.90 bits per heavy atom. The topological polar surface area (TPSA) is 97.4 Å². The van der Waals surface area contributed by atoms with Crippen LogP contribution < -0.4 is 11.1 Å². The molecule has 0 spiro atoms. The van der Waals surface area contributed by atoms with E-state index in [4.69, 9.17) is 28.9 Å². The van der Waals surface area contributed by atoms with Crippen LogP contribution in [0.15, 0.2) is 58.6 Å². The highest BCUT2D eigenvalue weighted by molar-refractivity contribution is 8.18. The molecule has 0 fully saturated rings. The standard InChI is InChI=1S/C20H12Cl2N4O2S/c21-13-2-1-3-14(22)17(13)25-20-26-19(28)16(29-20)7-10-4-5-15-11(6-10)8-12(9-24-15)18(23)27/h1-9H,(H2,23,27)(H,25,26,28)/b16-7-. The fourth-order valence-electron chi connectivity index (χ4n) is 2.71. The van der Waals surface area contributed by atoms with Crippen LogP contribution in [0.4, 0.5) is 5.69 Å². The van der Waals surface area contributed by atoms with Crippen LogP contribution in [0.25, 0.3) is 17.0 Å². The average Bonchev–Trinajstić information content (AvgIpc) is 3.03. The van der Waals surface area contributed by atoms with E-state index >= 15 is 0 Å². The van der Waals surface area contributed by atoms with E-state index in [2.05, 4.69) is 15.3 Å². The van der Waals surface area contributed by atoms with Crippen LogP contribution >= 0.6 is 35.0 Å². The van der Waals surface area contributed by atoms with E-state index in [1.807, 2.05) is 12.1 Å². The Hall–Kier alpha value is -2.87. The van der Waals surface area contributed by atoms with Crippen LogP contribution in [0, 0.1) is 0 Å². The van der Waals surface area contributed by atoms with Gasteiger partial charge in [0, 0.05) is 11.6 Å². The smallest absolute Gasteiger partial charge is 0.286 e. The minimum Gasteiger partial charge on any atom is -0.366 e. The lowest BCUT2D eigenvalue weighted by atomic mass is 10.1. The first-order chi connectivity index (χ1) is 13.9. The van der Waals surface area contributed by atoms with Crippen molar-refractivity contribution in [1.29, 1.82) is 0 Å². The van der Waals surface area contributed by atoms with Crippen molar-refractivity contribution in [2.24, 2.45) is 10.7 Å². The molecule has 0 radical (unpaired) electrons. The maximum Gasteiger partial charge on any atom is 0.286 e. The van der Waals surface area contributed by atoms with E-state index in [1.165, 1.54) is 18.0 Å². The van der Waals surface area contributed by atoms with Crippen molar-refractivity contribution in [1.82, 2.24) is 4.98 Å². The van der Waals surface area contributed by atoms with Crippen molar-refractivity contribution >= 4 is 74.6 Å². The van der Waals surface area contributed by atoms with Crippen LogP contribution in [-0.4, -0.2) is 22.0 Å². The van der Waals surface area contributed by atoms with Crippen molar-refractivity contribution in [2.45, 2.75) is 0 Å². The number of nitrogens with two attached hydrogens (primary N) is 1. The summed E-state index contributed by atoms with van der Waals surface area (Å²) >= 11 is 13.5. The first kappa shape index (κ1) is 19.4. The summed E-state index contributed by atoms with van der Waals surface area (Å²) < 4.78 is 0. The zero-order valence-electron chi connectivity index (χ0n) is 14.6. The number of nitrogens with zero attached hydrogens (tertiary/aromatic N) is 2. The minimum atomic E-state index is -0.549. The highest BCUT2D eigenvalue weighted by Gasteiger charge is 2.23. The molecular formula is C20H12Cl2N4O2S. The van der Waals surface area contributed by atoms with E-state index in [0.717, 1.165) is 16.5 Å². The number of hydrogen-bond donors (Lipinski definition) is 2. The molecule has 4 rings (SSSR count). The predicted octanol–water partition coefficient (Wildman–Crippen LogP) is 4.72. The van der Waals surface area contributed by atoms with E-state index < -0.39 is 5.91 Å². The van der Waals surface area contributed by atoms with Gasteiger partial charge in [-0.05, 0) is 53.7 Å². The number of amidine groups is 1. The molecule has 3 N–H and O–H groups in total. The molecule has 1 aromatic heterocycles. The molecule has 1 aliphatic rings. The first-order valence-corrected chi connectivity index (χ1v) is 9.91. The lowest BCUT2D eigenvalue weighted by Crippen LogP contribution is -2.10. The van der Waals surface area contributed by atoms with Gasteiger partial charge < -0.3 is 11.1 Å². The third kappa shape index (κ3) is 4.12. The van der Waals surface area contributed by atoms with Crippen LogP contribution in [0.1, 0.15) is 15.9 Å². The summed E-state index contributed by atoms with van der Waals surface area (Å²) in [6.07, 6.45) is 3.15. The molecule has 29 heavy (non-hydrogen) atoms. The summed E-state index contributed by atoms with van der Waals surface area (Å²) in [5.41, 5.74) is 7.61.